The maximum atomic E-state index is 13.1. The molecule has 0 spiro atoms. The van der Waals surface area contributed by atoms with Crippen molar-refractivity contribution in [2.24, 2.45) is 47.3 Å². The number of hydrogen-bond donors (Lipinski definition) is 0. The van der Waals surface area contributed by atoms with Crippen molar-refractivity contribution >= 4 is 0 Å². The topological polar surface area (TPSA) is 0 Å². The summed E-state index contributed by atoms with van der Waals surface area (Å²) >= 11 is 0. The third-order valence-electron chi connectivity index (χ3n) is 8.87. The van der Waals surface area contributed by atoms with Gasteiger partial charge in [-0.1, -0.05) is 207 Å². The van der Waals surface area contributed by atoms with E-state index in [1.807, 2.05) is 0 Å². The SMILES string of the molecule is CC(C)C(F)(F)C(F)(F)C(F)(F)C(F)(F)C(C)C.CC(C)CCCC(C)C.CC(C)CCCCC(C)C.CC(C)CCCCCCCCC(C)C. The van der Waals surface area contributed by atoms with E-state index in [1.54, 1.807) is 0 Å². The van der Waals surface area contributed by atoms with Gasteiger partial charge < -0.3 is 0 Å². The first-order chi connectivity index (χ1) is 23.0. The summed E-state index contributed by atoms with van der Waals surface area (Å²) in [4.78, 5) is 0. The molecule has 314 valence electrons. The Balaban J connectivity index is -0.000000300. The van der Waals surface area contributed by atoms with Gasteiger partial charge in [-0.3, -0.25) is 0 Å². The summed E-state index contributed by atoms with van der Waals surface area (Å²) in [7, 11) is 0. The van der Waals surface area contributed by atoms with E-state index in [-0.39, 0.29) is 0 Å². The van der Waals surface area contributed by atoms with Crippen LogP contribution in [0.25, 0.3) is 0 Å². The van der Waals surface area contributed by atoms with Crippen molar-refractivity contribution in [1.82, 2.24) is 0 Å². The molecular weight excluding hydrogens is 668 g/mol. The predicted molar refractivity (Wildman–Crippen MR) is 208 cm³/mol. The number of hydrogen-bond acceptors (Lipinski definition) is 0. The molecule has 0 heterocycles. The number of unbranched alkanes of at least 4 members (excludes halogenated alkanes) is 6. The Morgan fingerprint density at radius 2 is 0.412 bits per heavy atom. The highest BCUT2D eigenvalue weighted by molar-refractivity contribution is 5.05. The minimum absolute atomic E-state index is 0.553. The fourth-order valence-corrected chi connectivity index (χ4v) is 5.00. The third-order valence-corrected chi connectivity index (χ3v) is 8.87. The number of rotatable bonds is 23. The Morgan fingerprint density at radius 1 is 0.255 bits per heavy atom. The second-order valence-corrected chi connectivity index (χ2v) is 18.0. The van der Waals surface area contributed by atoms with E-state index in [1.165, 1.54) is 96.3 Å². The second kappa shape index (κ2) is 29.8. The maximum Gasteiger partial charge on any atom is 0.378 e. The van der Waals surface area contributed by atoms with Crippen LogP contribution in [0.3, 0.4) is 0 Å². The van der Waals surface area contributed by atoms with E-state index < -0.39 is 35.5 Å². The van der Waals surface area contributed by atoms with Gasteiger partial charge in [0.25, 0.3) is 0 Å². The molecule has 0 aliphatic rings. The van der Waals surface area contributed by atoms with Gasteiger partial charge in [-0.25, -0.2) is 0 Å². The molecule has 0 saturated heterocycles. The minimum Gasteiger partial charge on any atom is -0.199 e. The van der Waals surface area contributed by atoms with Crippen LogP contribution in [-0.4, -0.2) is 23.7 Å². The van der Waals surface area contributed by atoms with Crippen molar-refractivity contribution < 1.29 is 35.1 Å². The molecule has 51 heavy (non-hydrogen) atoms. The first-order valence-electron chi connectivity index (χ1n) is 20.5. The summed E-state index contributed by atoms with van der Waals surface area (Å²) in [5, 5.41) is 0. The van der Waals surface area contributed by atoms with Gasteiger partial charge in [0.1, 0.15) is 0 Å². The molecule has 0 aromatic rings. The fraction of sp³-hybridized carbons (Fsp3) is 1.00. The molecule has 0 fully saturated rings. The zero-order chi connectivity index (χ0) is 41.2. The molecule has 0 radical (unpaired) electrons. The predicted octanol–water partition coefficient (Wildman–Crippen LogP) is 17.6. The van der Waals surface area contributed by atoms with Gasteiger partial charge in [0.15, 0.2) is 0 Å². The quantitative estimate of drug-likeness (QED) is 0.0720. The van der Waals surface area contributed by atoms with E-state index in [0.29, 0.717) is 27.7 Å². The van der Waals surface area contributed by atoms with E-state index in [0.717, 1.165) is 35.5 Å². The van der Waals surface area contributed by atoms with Gasteiger partial charge in [-0.15, -0.1) is 0 Å². The van der Waals surface area contributed by atoms with Crippen LogP contribution in [0.5, 0.6) is 0 Å². The van der Waals surface area contributed by atoms with Crippen molar-refractivity contribution in [3.63, 3.8) is 0 Å². The van der Waals surface area contributed by atoms with E-state index in [9.17, 15) is 35.1 Å². The molecule has 0 saturated carbocycles. The van der Waals surface area contributed by atoms with Crippen LogP contribution in [0, 0.1) is 47.3 Å². The van der Waals surface area contributed by atoms with Crippen LogP contribution < -0.4 is 0 Å². The van der Waals surface area contributed by atoms with E-state index >= 15 is 0 Å². The molecule has 0 rings (SSSR count). The lowest BCUT2D eigenvalue weighted by molar-refractivity contribution is -0.380. The molecule has 0 nitrogen and oxygen atoms in total. The Hall–Kier alpha value is -0.560. The number of alkyl halides is 8. The molecule has 0 unspecified atom stereocenters. The second-order valence-electron chi connectivity index (χ2n) is 18.0. The van der Waals surface area contributed by atoms with Crippen LogP contribution in [0.2, 0.25) is 0 Å². The monoisotopic (exact) mass is 755 g/mol. The lowest BCUT2D eigenvalue weighted by Gasteiger charge is -2.39. The highest BCUT2D eigenvalue weighted by Crippen LogP contribution is 2.56. The Bertz CT molecular complexity index is 691. The van der Waals surface area contributed by atoms with Gasteiger partial charge in [-0.05, 0) is 35.5 Å². The van der Waals surface area contributed by atoms with Gasteiger partial charge in [0, 0.05) is 11.8 Å². The molecule has 0 aromatic carbocycles. The van der Waals surface area contributed by atoms with Gasteiger partial charge in [0.05, 0.1) is 0 Å². The standard InChI is InChI=1S/C14H30.C10H14F8.C10H22.C9H20/c1-13(2)11-9-7-5-6-8-10-12-14(3)4;1-5(2)7(11,12)9(15,16)10(17,18)8(13,14)6(3)4;1-9(2)7-5-6-8-10(3)4;1-8(2)6-5-7-9(3)4/h13-14H,5-12H2,1-4H3;5-6H,1-4H3;9-10H,5-8H2,1-4H3;8-9H,5-7H2,1-4H3. The van der Waals surface area contributed by atoms with Crippen molar-refractivity contribution in [1.29, 1.82) is 0 Å². The van der Waals surface area contributed by atoms with Gasteiger partial charge in [-0.2, -0.15) is 35.1 Å². The van der Waals surface area contributed by atoms with Crippen molar-refractivity contribution in [2.45, 2.75) is 231 Å². The van der Waals surface area contributed by atoms with Gasteiger partial charge in [0.2, 0.25) is 0 Å². The molecule has 0 atom stereocenters. The summed E-state index contributed by atoms with van der Waals surface area (Å²) in [6.45, 7) is 29.9. The number of halogens is 8. The first kappa shape index (κ1) is 57.2. The molecule has 0 N–H and O–H groups in total. The molecule has 0 aliphatic carbocycles. The Labute approximate surface area is 312 Å². The Kier molecular flexibility index (Phi) is 33.4. The van der Waals surface area contributed by atoms with Crippen LogP contribution >= 0.6 is 0 Å². The van der Waals surface area contributed by atoms with Crippen LogP contribution in [0.15, 0.2) is 0 Å². The zero-order valence-electron chi connectivity index (χ0n) is 36.2. The molecule has 0 bridgehead atoms. The maximum absolute atomic E-state index is 13.1. The van der Waals surface area contributed by atoms with E-state index in [4.69, 9.17) is 0 Å². The van der Waals surface area contributed by atoms with Crippen molar-refractivity contribution in [2.75, 3.05) is 0 Å². The van der Waals surface area contributed by atoms with E-state index in [2.05, 4.69) is 83.1 Å². The van der Waals surface area contributed by atoms with Crippen LogP contribution in [0.1, 0.15) is 207 Å². The average molecular weight is 755 g/mol. The van der Waals surface area contributed by atoms with Crippen molar-refractivity contribution in [3.05, 3.63) is 0 Å². The molecule has 0 amide bonds. The first-order valence-corrected chi connectivity index (χ1v) is 20.5. The normalized spacial score (nSPS) is 12.9. The average Bonchev–Trinajstić information content (AvgIpc) is 2.96. The van der Waals surface area contributed by atoms with Gasteiger partial charge >= 0.3 is 23.7 Å². The highest BCUT2D eigenvalue weighted by atomic mass is 19.4. The molecule has 8 heteroatoms. The molecule has 0 aliphatic heterocycles. The summed E-state index contributed by atoms with van der Waals surface area (Å²) in [6, 6.07) is 0. The summed E-state index contributed by atoms with van der Waals surface area (Å²) in [6.07, 6.45) is 21.5. The summed E-state index contributed by atoms with van der Waals surface area (Å²) in [5.74, 6) is -21.8. The third kappa shape index (κ3) is 28.5. The lowest BCUT2D eigenvalue weighted by Crippen LogP contribution is -2.64. The fourth-order valence-electron chi connectivity index (χ4n) is 5.00. The summed E-state index contributed by atoms with van der Waals surface area (Å²) in [5.41, 5.74) is 0. The van der Waals surface area contributed by atoms with Crippen LogP contribution in [0.4, 0.5) is 35.1 Å². The molecule has 0 aromatic heterocycles. The highest BCUT2D eigenvalue weighted by Gasteiger charge is 2.81. The molecular formula is C43H86F8. The lowest BCUT2D eigenvalue weighted by atomic mass is 9.87. The minimum atomic E-state index is -6.14. The smallest absolute Gasteiger partial charge is 0.199 e. The largest absolute Gasteiger partial charge is 0.378 e. The Morgan fingerprint density at radius 3 is 0.588 bits per heavy atom. The summed E-state index contributed by atoms with van der Waals surface area (Å²) < 4.78 is 105. The van der Waals surface area contributed by atoms with Crippen molar-refractivity contribution in [3.8, 4) is 0 Å². The van der Waals surface area contributed by atoms with Crippen LogP contribution in [-0.2, 0) is 0 Å². The zero-order valence-corrected chi connectivity index (χ0v) is 36.2.